The molecule has 7 heteroatoms. The Morgan fingerprint density at radius 2 is 2.24 bits per heavy atom. The van der Waals surface area contributed by atoms with Gasteiger partial charge in [0.05, 0.1) is 6.54 Å². The molecule has 0 heterocycles. The van der Waals surface area contributed by atoms with Crippen LogP contribution in [0, 0.1) is 0 Å². The van der Waals surface area contributed by atoms with Crippen LogP contribution in [0.2, 0.25) is 5.02 Å². The summed E-state index contributed by atoms with van der Waals surface area (Å²) in [5.41, 5.74) is 8.36. The number of hydrazine groups is 2. The van der Waals surface area contributed by atoms with Gasteiger partial charge in [0.25, 0.3) is 0 Å². The Kier molecular flexibility index (Phi) is 5.17. The van der Waals surface area contributed by atoms with Crippen LogP contribution < -0.4 is 17.0 Å². The van der Waals surface area contributed by atoms with Crippen molar-refractivity contribution in [3.8, 4) is 0 Å². The van der Waals surface area contributed by atoms with E-state index in [1.54, 1.807) is 31.3 Å². The number of carbonyl (C=O) groups excluding carboxylic acids is 1. The Bertz CT molecular complexity index is 388. The second-order valence-electron chi connectivity index (χ2n) is 3.32. The van der Waals surface area contributed by atoms with Gasteiger partial charge in [-0.3, -0.25) is 5.84 Å². The third-order valence-electron chi connectivity index (χ3n) is 2.16. The van der Waals surface area contributed by atoms with Crippen molar-refractivity contribution in [1.29, 1.82) is 0 Å². The quantitative estimate of drug-likeness (QED) is 0.536. The van der Waals surface area contributed by atoms with Crippen molar-refractivity contribution in [2.45, 2.75) is 6.10 Å². The zero-order valence-electron chi connectivity index (χ0n) is 9.39. The number of benzene rings is 1. The minimum Gasteiger partial charge on any atom is -0.440 e. The number of nitrogens with two attached hydrogens (primary N) is 2. The topological polar surface area (TPSA) is 93.6 Å². The number of nitrogens with one attached hydrogen (secondary N) is 1. The first kappa shape index (κ1) is 13.7. The van der Waals surface area contributed by atoms with E-state index in [2.05, 4.69) is 5.43 Å². The summed E-state index contributed by atoms with van der Waals surface area (Å²) in [6, 6.07) is 7.03. The average molecular weight is 259 g/mol. The fourth-order valence-electron chi connectivity index (χ4n) is 1.35. The molecule has 1 aromatic carbocycles. The van der Waals surface area contributed by atoms with Gasteiger partial charge in [-0.2, -0.15) is 5.12 Å². The molecule has 0 aliphatic rings. The molecule has 94 valence electrons. The normalized spacial score (nSPS) is 12.5. The molecule has 5 N–H and O–H groups in total. The van der Waals surface area contributed by atoms with Crippen molar-refractivity contribution in [1.82, 2.24) is 10.5 Å². The van der Waals surface area contributed by atoms with E-state index in [1.165, 1.54) is 5.12 Å². The van der Waals surface area contributed by atoms with Crippen LogP contribution in [-0.4, -0.2) is 24.8 Å². The maximum atomic E-state index is 10.8. The summed E-state index contributed by atoms with van der Waals surface area (Å²) in [5, 5.41) is 1.76. The van der Waals surface area contributed by atoms with E-state index in [4.69, 9.17) is 27.9 Å². The Labute approximate surface area is 104 Å². The van der Waals surface area contributed by atoms with E-state index in [0.717, 1.165) is 0 Å². The van der Waals surface area contributed by atoms with E-state index in [1.807, 2.05) is 0 Å². The van der Waals surface area contributed by atoms with Crippen LogP contribution in [0.25, 0.3) is 0 Å². The summed E-state index contributed by atoms with van der Waals surface area (Å²) < 4.78 is 4.98. The van der Waals surface area contributed by atoms with Gasteiger partial charge >= 0.3 is 6.09 Å². The fourth-order valence-corrected chi connectivity index (χ4v) is 1.60. The van der Waals surface area contributed by atoms with Crippen LogP contribution in [0.3, 0.4) is 0 Å². The van der Waals surface area contributed by atoms with Crippen LogP contribution >= 0.6 is 11.6 Å². The summed E-state index contributed by atoms with van der Waals surface area (Å²) in [7, 11) is 1.65. The summed E-state index contributed by atoms with van der Waals surface area (Å²) in [6.07, 6.45) is -1.50. The Morgan fingerprint density at radius 3 is 2.76 bits per heavy atom. The first-order valence-electron chi connectivity index (χ1n) is 4.94. The highest BCUT2D eigenvalue weighted by Gasteiger charge is 2.19. The lowest BCUT2D eigenvalue weighted by Gasteiger charge is -2.23. The van der Waals surface area contributed by atoms with Gasteiger partial charge in [0.1, 0.15) is 6.10 Å². The van der Waals surface area contributed by atoms with E-state index < -0.39 is 12.2 Å². The Morgan fingerprint density at radius 1 is 1.59 bits per heavy atom. The first-order chi connectivity index (χ1) is 8.04. The van der Waals surface area contributed by atoms with Crippen molar-refractivity contribution in [3.05, 3.63) is 34.9 Å². The molecule has 1 unspecified atom stereocenters. The summed E-state index contributed by atoms with van der Waals surface area (Å²) >= 11 is 6.02. The SMILES string of the molecule is CNN(N)CC(OC(N)=O)c1ccccc1Cl. The molecule has 1 atom stereocenters. The molecule has 0 saturated heterocycles. The maximum Gasteiger partial charge on any atom is 0.405 e. The molecule has 0 radical (unpaired) electrons. The van der Waals surface area contributed by atoms with Gasteiger partial charge in [0, 0.05) is 17.6 Å². The van der Waals surface area contributed by atoms with Gasteiger partial charge in [0.2, 0.25) is 0 Å². The second kappa shape index (κ2) is 6.41. The zero-order chi connectivity index (χ0) is 12.8. The number of primary amides is 1. The molecule has 0 fully saturated rings. The molecular formula is C10H15ClN4O2. The van der Waals surface area contributed by atoms with Crippen molar-refractivity contribution in [2.75, 3.05) is 13.6 Å². The van der Waals surface area contributed by atoms with E-state index >= 15 is 0 Å². The Hall–Kier alpha value is -1.34. The summed E-state index contributed by atoms with van der Waals surface area (Å²) in [6.45, 7) is 0.225. The molecule has 0 bridgehead atoms. The van der Waals surface area contributed by atoms with Crippen LogP contribution in [-0.2, 0) is 4.74 Å². The predicted molar refractivity (Wildman–Crippen MR) is 64.8 cm³/mol. The van der Waals surface area contributed by atoms with Gasteiger partial charge in [-0.25, -0.2) is 10.2 Å². The third-order valence-corrected chi connectivity index (χ3v) is 2.50. The van der Waals surface area contributed by atoms with Crippen LogP contribution in [0.5, 0.6) is 0 Å². The lowest BCUT2D eigenvalue weighted by atomic mass is 10.1. The molecular weight excluding hydrogens is 244 g/mol. The number of amides is 1. The standard InChI is InChI=1S/C10H15ClN4O2/c1-14-15(13)6-9(17-10(12)16)7-4-2-3-5-8(7)11/h2-5,9,14H,6,13H2,1H3,(H2,12,16). The third kappa shape index (κ3) is 4.20. The number of nitrogens with zero attached hydrogens (tertiary/aromatic N) is 1. The average Bonchev–Trinajstić information content (AvgIpc) is 2.28. The molecule has 0 saturated carbocycles. The zero-order valence-corrected chi connectivity index (χ0v) is 10.1. The maximum absolute atomic E-state index is 10.8. The molecule has 17 heavy (non-hydrogen) atoms. The van der Waals surface area contributed by atoms with Gasteiger partial charge in [-0.1, -0.05) is 29.8 Å². The van der Waals surface area contributed by atoms with Crippen LogP contribution in [0.1, 0.15) is 11.7 Å². The van der Waals surface area contributed by atoms with Crippen molar-refractivity contribution < 1.29 is 9.53 Å². The highest BCUT2D eigenvalue weighted by molar-refractivity contribution is 6.31. The molecule has 1 rings (SSSR count). The molecule has 0 aromatic heterocycles. The van der Waals surface area contributed by atoms with E-state index in [0.29, 0.717) is 10.6 Å². The lowest BCUT2D eigenvalue weighted by molar-refractivity contribution is 0.0618. The monoisotopic (exact) mass is 258 g/mol. The van der Waals surface area contributed by atoms with Crippen molar-refractivity contribution >= 4 is 17.7 Å². The minimum absolute atomic E-state index is 0.225. The number of hydrogen-bond donors (Lipinski definition) is 3. The molecule has 0 spiro atoms. The van der Waals surface area contributed by atoms with Crippen molar-refractivity contribution in [3.63, 3.8) is 0 Å². The largest absolute Gasteiger partial charge is 0.440 e. The van der Waals surface area contributed by atoms with E-state index in [9.17, 15) is 4.79 Å². The molecule has 1 aromatic rings. The first-order valence-corrected chi connectivity index (χ1v) is 5.32. The van der Waals surface area contributed by atoms with Gasteiger partial charge < -0.3 is 10.5 Å². The number of hydrogen-bond acceptors (Lipinski definition) is 5. The number of carbonyl (C=O) groups is 1. The Balaban J connectivity index is 2.89. The van der Waals surface area contributed by atoms with Gasteiger partial charge in [-0.05, 0) is 6.07 Å². The van der Waals surface area contributed by atoms with E-state index in [-0.39, 0.29) is 6.54 Å². The number of rotatable bonds is 5. The van der Waals surface area contributed by atoms with Gasteiger partial charge in [-0.15, -0.1) is 0 Å². The second-order valence-corrected chi connectivity index (χ2v) is 3.73. The highest BCUT2D eigenvalue weighted by atomic mass is 35.5. The minimum atomic E-state index is -0.876. The molecule has 0 aliphatic carbocycles. The fraction of sp³-hybridized carbons (Fsp3) is 0.300. The van der Waals surface area contributed by atoms with Crippen LogP contribution in [0.4, 0.5) is 4.79 Å². The molecule has 1 amide bonds. The molecule has 0 aliphatic heterocycles. The lowest BCUT2D eigenvalue weighted by Crippen LogP contribution is -2.44. The number of ether oxygens (including phenoxy) is 1. The molecule has 6 nitrogen and oxygen atoms in total. The summed E-state index contributed by atoms with van der Waals surface area (Å²) in [4.78, 5) is 10.8. The van der Waals surface area contributed by atoms with Crippen LogP contribution in [0.15, 0.2) is 24.3 Å². The number of halogens is 1. The highest BCUT2D eigenvalue weighted by Crippen LogP contribution is 2.25. The van der Waals surface area contributed by atoms with Gasteiger partial charge in [0.15, 0.2) is 0 Å². The van der Waals surface area contributed by atoms with Crippen molar-refractivity contribution in [2.24, 2.45) is 11.6 Å². The predicted octanol–water partition coefficient (Wildman–Crippen LogP) is 0.787. The summed E-state index contributed by atoms with van der Waals surface area (Å²) in [5.74, 6) is 5.58. The smallest absolute Gasteiger partial charge is 0.405 e.